The van der Waals surface area contributed by atoms with Crippen LogP contribution in [0.15, 0.2) is 36.9 Å². The van der Waals surface area contributed by atoms with Crippen LogP contribution in [0.25, 0.3) is 0 Å². The molecule has 2 atom stereocenters. The van der Waals surface area contributed by atoms with E-state index in [1.54, 1.807) is 18.2 Å². The van der Waals surface area contributed by atoms with Gasteiger partial charge in [-0.3, -0.25) is 4.79 Å². The van der Waals surface area contributed by atoms with Crippen LogP contribution >= 0.6 is 0 Å². The molecule has 0 fully saturated rings. The molecule has 3 rings (SSSR count). The van der Waals surface area contributed by atoms with Crippen molar-refractivity contribution in [1.82, 2.24) is 19.7 Å². The lowest BCUT2D eigenvalue weighted by molar-refractivity contribution is -0.235. The molecule has 0 saturated carbocycles. The van der Waals surface area contributed by atoms with Crippen molar-refractivity contribution >= 4 is 5.91 Å². The number of halogens is 3. The highest BCUT2D eigenvalue weighted by molar-refractivity contribution is 5.81. The molecule has 0 saturated heterocycles. The number of benzene rings is 1. The third kappa shape index (κ3) is 2.37. The molecule has 1 aliphatic heterocycles. The number of alkyl halides is 3. The zero-order valence-corrected chi connectivity index (χ0v) is 13.3. The maximum atomic E-state index is 14.0. The van der Waals surface area contributed by atoms with E-state index in [1.165, 1.54) is 30.3 Å². The van der Waals surface area contributed by atoms with Crippen molar-refractivity contribution < 1.29 is 18.0 Å². The van der Waals surface area contributed by atoms with Gasteiger partial charge >= 0.3 is 6.18 Å². The number of rotatable bonds is 2. The fourth-order valence-corrected chi connectivity index (χ4v) is 3.21. The molecule has 5 nitrogen and oxygen atoms in total. The molecule has 1 aromatic carbocycles. The summed E-state index contributed by atoms with van der Waals surface area (Å²) >= 11 is 0. The van der Waals surface area contributed by atoms with Gasteiger partial charge < -0.3 is 4.90 Å². The first-order valence-corrected chi connectivity index (χ1v) is 7.57. The van der Waals surface area contributed by atoms with Gasteiger partial charge in [0.1, 0.15) is 18.7 Å². The van der Waals surface area contributed by atoms with Crippen molar-refractivity contribution in [2.75, 3.05) is 6.54 Å². The van der Waals surface area contributed by atoms with Crippen LogP contribution in [0.2, 0.25) is 0 Å². The molecule has 0 radical (unpaired) electrons. The summed E-state index contributed by atoms with van der Waals surface area (Å²) in [6.45, 7) is 2.59. The Bertz CT molecular complexity index is 744. The maximum absolute atomic E-state index is 14.0. The van der Waals surface area contributed by atoms with Crippen molar-refractivity contribution in [3.8, 4) is 0 Å². The van der Waals surface area contributed by atoms with Gasteiger partial charge in [-0.05, 0) is 31.4 Å². The zero-order chi connectivity index (χ0) is 17.5. The van der Waals surface area contributed by atoms with Crippen molar-refractivity contribution in [3.63, 3.8) is 0 Å². The summed E-state index contributed by atoms with van der Waals surface area (Å²) in [6.07, 6.45) is -1.64. The molecular formula is C16H17F3N4O. The second-order valence-electron chi connectivity index (χ2n) is 6.02. The molecular weight excluding hydrogens is 321 g/mol. The van der Waals surface area contributed by atoms with E-state index in [-0.39, 0.29) is 12.1 Å². The topological polar surface area (TPSA) is 51.0 Å². The van der Waals surface area contributed by atoms with Crippen molar-refractivity contribution in [1.29, 1.82) is 0 Å². The van der Waals surface area contributed by atoms with Crippen LogP contribution in [-0.2, 0) is 16.8 Å². The summed E-state index contributed by atoms with van der Waals surface area (Å²) in [5.74, 6) is -0.630. The number of hydrogen-bond acceptors (Lipinski definition) is 3. The minimum Gasteiger partial charge on any atom is -0.322 e. The standard InChI is InChI=1S/C16H17F3N4O/c1-11(23-10-20-9-21-23)14(24)22-8-7-12-5-3-4-6-13(12)15(22,2)16(17,18)19/h3-6,9-11H,7-8H2,1-2H3. The Balaban J connectivity index is 2.06. The van der Waals surface area contributed by atoms with Gasteiger partial charge in [-0.1, -0.05) is 24.3 Å². The van der Waals surface area contributed by atoms with Gasteiger partial charge in [0.15, 0.2) is 5.54 Å². The quantitative estimate of drug-likeness (QED) is 0.846. The van der Waals surface area contributed by atoms with Gasteiger partial charge in [-0.25, -0.2) is 9.67 Å². The van der Waals surface area contributed by atoms with Crippen LogP contribution in [0.4, 0.5) is 13.2 Å². The Morgan fingerprint density at radius 3 is 2.67 bits per heavy atom. The van der Waals surface area contributed by atoms with Crippen LogP contribution in [0.5, 0.6) is 0 Å². The zero-order valence-electron chi connectivity index (χ0n) is 13.3. The summed E-state index contributed by atoms with van der Waals surface area (Å²) in [4.78, 5) is 17.5. The number of amides is 1. The van der Waals surface area contributed by atoms with Gasteiger partial charge in [-0.2, -0.15) is 18.3 Å². The molecule has 0 bridgehead atoms. The number of hydrogen-bond donors (Lipinski definition) is 0. The Labute approximate surface area is 137 Å². The SMILES string of the molecule is CC(C(=O)N1CCc2ccccc2C1(C)C(F)(F)F)n1cncn1. The molecule has 128 valence electrons. The molecule has 2 heterocycles. The van der Waals surface area contributed by atoms with E-state index in [4.69, 9.17) is 0 Å². The first kappa shape index (κ1) is 16.5. The first-order valence-electron chi connectivity index (χ1n) is 7.57. The van der Waals surface area contributed by atoms with E-state index >= 15 is 0 Å². The van der Waals surface area contributed by atoms with Crippen LogP contribution < -0.4 is 0 Å². The van der Waals surface area contributed by atoms with E-state index in [1.807, 2.05) is 0 Å². The molecule has 24 heavy (non-hydrogen) atoms. The first-order chi connectivity index (χ1) is 11.3. The normalized spacial score (nSPS) is 22.1. The van der Waals surface area contributed by atoms with Crippen LogP contribution in [0.3, 0.4) is 0 Å². The predicted octanol–water partition coefficient (Wildman–Crippen LogP) is 2.70. The highest BCUT2D eigenvalue weighted by atomic mass is 19.4. The van der Waals surface area contributed by atoms with Crippen molar-refractivity contribution in [2.45, 2.75) is 38.0 Å². The highest BCUT2D eigenvalue weighted by Crippen LogP contribution is 2.47. The van der Waals surface area contributed by atoms with Gasteiger partial charge in [0.2, 0.25) is 5.91 Å². The number of carbonyl (C=O) groups excluding carboxylic acids is 1. The van der Waals surface area contributed by atoms with Gasteiger partial charge in [0.05, 0.1) is 0 Å². The van der Waals surface area contributed by atoms with Crippen LogP contribution in [-0.4, -0.2) is 38.3 Å². The Hall–Kier alpha value is -2.38. The number of aromatic nitrogens is 3. The Morgan fingerprint density at radius 1 is 1.33 bits per heavy atom. The Morgan fingerprint density at radius 2 is 2.04 bits per heavy atom. The van der Waals surface area contributed by atoms with Crippen LogP contribution in [0, 0.1) is 0 Å². The van der Waals surface area contributed by atoms with Crippen molar-refractivity contribution in [2.24, 2.45) is 0 Å². The fourth-order valence-electron chi connectivity index (χ4n) is 3.21. The van der Waals surface area contributed by atoms with Gasteiger partial charge in [0.25, 0.3) is 0 Å². The average Bonchev–Trinajstić information content (AvgIpc) is 3.07. The highest BCUT2D eigenvalue weighted by Gasteiger charge is 2.60. The summed E-state index contributed by atoms with van der Waals surface area (Å²) in [5.41, 5.74) is -1.62. The van der Waals surface area contributed by atoms with E-state index in [0.717, 1.165) is 11.8 Å². The van der Waals surface area contributed by atoms with Gasteiger partial charge in [0, 0.05) is 6.54 Å². The summed E-state index contributed by atoms with van der Waals surface area (Å²) in [5, 5.41) is 3.86. The number of carbonyl (C=O) groups is 1. The van der Waals surface area contributed by atoms with E-state index < -0.39 is 23.7 Å². The molecule has 0 aliphatic carbocycles. The molecule has 0 N–H and O–H groups in total. The molecule has 1 aromatic heterocycles. The molecule has 0 spiro atoms. The third-order valence-corrected chi connectivity index (χ3v) is 4.70. The lowest BCUT2D eigenvalue weighted by Gasteiger charge is -2.47. The predicted molar refractivity (Wildman–Crippen MR) is 80.0 cm³/mol. The number of fused-ring (bicyclic) bond motifs is 1. The second kappa shape index (κ2) is 5.61. The number of nitrogens with zero attached hydrogens (tertiary/aromatic N) is 4. The summed E-state index contributed by atoms with van der Waals surface area (Å²) < 4.78 is 43.2. The largest absolute Gasteiger partial charge is 0.415 e. The smallest absolute Gasteiger partial charge is 0.322 e. The van der Waals surface area contributed by atoms with E-state index in [2.05, 4.69) is 10.1 Å². The lowest BCUT2D eigenvalue weighted by Crippen LogP contribution is -2.60. The van der Waals surface area contributed by atoms with Crippen molar-refractivity contribution in [3.05, 3.63) is 48.0 Å². The fraction of sp³-hybridized carbons (Fsp3) is 0.438. The molecule has 8 heteroatoms. The lowest BCUT2D eigenvalue weighted by atomic mass is 9.81. The second-order valence-corrected chi connectivity index (χ2v) is 6.02. The summed E-state index contributed by atoms with van der Waals surface area (Å²) in [6, 6.07) is 5.55. The summed E-state index contributed by atoms with van der Waals surface area (Å²) in [7, 11) is 0. The molecule has 2 unspecified atom stereocenters. The molecule has 1 aliphatic rings. The molecule has 1 amide bonds. The van der Waals surface area contributed by atoms with E-state index in [0.29, 0.717) is 12.0 Å². The maximum Gasteiger partial charge on any atom is 0.415 e. The average molecular weight is 338 g/mol. The van der Waals surface area contributed by atoms with E-state index in [9.17, 15) is 18.0 Å². The Kier molecular flexibility index (Phi) is 3.85. The third-order valence-electron chi connectivity index (χ3n) is 4.70. The van der Waals surface area contributed by atoms with Crippen LogP contribution in [0.1, 0.15) is 31.0 Å². The van der Waals surface area contributed by atoms with Gasteiger partial charge in [-0.15, -0.1) is 0 Å². The molecule has 2 aromatic rings. The minimum atomic E-state index is -4.60. The monoisotopic (exact) mass is 338 g/mol. The minimum absolute atomic E-state index is 0.00485.